The molecule has 4 saturated carbocycles. The van der Waals surface area contributed by atoms with Crippen LogP contribution in [0.3, 0.4) is 0 Å². The molecule has 8 atom stereocenters. The summed E-state index contributed by atoms with van der Waals surface area (Å²) >= 11 is 0. The van der Waals surface area contributed by atoms with Crippen molar-refractivity contribution in [1.29, 1.82) is 0 Å². The number of hydrogen-bond acceptors (Lipinski definition) is 5. The normalized spacial score (nSPS) is 47.0. The van der Waals surface area contributed by atoms with Crippen LogP contribution in [0.1, 0.15) is 113 Å². The third kappa shape index (κ3) is 3.67. The first kappa shape index (κ1) is 30.8. The molecule has 0 radical (unpaired) electrons. The van der Waals surface area contributed by atoms with Gasteiger partial charge in [-0.25, -0.2) is 0 Å². The van der Waals surface area contributed by atoms with Crippen molar-refractivity contribution < 1.29 is 14.7 Å². The van der Waals surface area contributed by atoms with Gasteiger partial charge in [-0.05, 0) is 105 Å². The molecule has 6 aliphatic rings. The van der Waals surface area contributed by atoms with Crippen LogP contribution in [0.2, 0.25) is 0 Å². The monoisotopic (exact) mass is 581 g/mol. The molecule has 1 heterocycles. The molecule has 8 unspecified atom stereocenters. The van der Waals surface area contributed by atoms with E-state index in [1.807, 2.05) is 4.90 Å². The van der Waals surface area contributed by atoms with E-state index in [4.69, 9.17) is 5.73 Å². The Bertz CT molecular complexity index is 1190. The van der Waals surface area contributed by atoms with Gasteiger partial charge in [0.25, 0.3) is 5.91 Å². The van der Waals surface area contributed by atoms with E-state index in [9.17, 15) is 14.7 Å². The molecule has 5 aliphatic carbocycles. The predicted octanol–water partition coefficient (Wildman–Crippen LogP) is 5.57. The van der Waals surface area contributed by atoms with Gasteiger partial charge < -0.3 is 20.6 Å². The van der Waals surface area contributed by atoms with Gasteiger partial charge in [0.1, 0.15) is 0 Å². The highest BCUT2D eigenvalue weighted by molar-refractivity contribution is 6.39. The zero-order chi connectivity index (χ0) is 30.7. The summed E-state index contributed by atoms with van der Waals surface area (Å²) < 4.78 is 0. The van der Waals surface area contributed by atoms with Crippen LogP contribution in [0.25, 0.3) is 0 Å². The minimum atomic E-state index is -0.611. The largest absolute Gasteiger partial charge is 0.392 e. The number of likely N-dealkylation sites (N-methyl/N-ethyl adjacent to an activating group) is 1. The minimum Gasteiger partial charge on any atom is -0.392 e. The van der Waals surface area contributed by atoms with Crippen LogP contribution in [0.5, 0.6) is 0 Å². The van der Waals surface area contributed by atoms with E-state index in [0.29, 0.717) is 30.8 Å². The number of carbonyl (C=O) groups is 2. The van der Waals surface area contributed by atoms with E-state index in [-0.39, 0.29) is 39.5 Å². The molecule has 0 aromatic rings. The number of ketones is 1. The number of rotatable bonds is 3. The Morgan fingerprint density at radius 3 is 2.12 bits per heavy atom. The van der Waals surface area contributed by atoms with Crippen molar-refractivity contribution in [1.82, 2.24) is 9.80 Å². The second kappa shape index (κ2) is 9.63. The van der Waals surface area contributed by atoms with Gasteiger partial charge in [-0.3, -0.25) is 9.59 Å². The summed E-state index contributed by atoms with van der Waals surface area (Å²) in [5, 5.41) is 11.1. The smallest absolute Gasteiger partial charge is 0.290 e. The Kier molecular flexibility index (Phi) is 7.06. The first-order valence-corrected chi connectivity index (χ1v) is 17.2. The number of allylic oxidation sites excluding steroid dienone is 2. The van der Waals surface area contributed by atoms with Gasteiger partial charge in [-0.1, -0.05) is 59.6 Å². The molecular weight excluding hydrogens is 522 g/mol. The molecule has 3 N–H and O–H groups in total. The Hall–Kier alpha value is -1.24. The Labute approximate surface area is 255 Å². The van der Waals surface area contributed by atoms with Crippen molar-refractivity contribution in [3.63, 3.8) is 0 Å². The third-order valence-electron chi connectivity index (χ3n) is 15.6. The van der Waals surface area contributed by atoms with Gasteiger partial charge in [0.15, 0.2) is 0 Å². The third-order valence-corrected chi connectivity index (χ3v) is 15.6. The number of piperazine rings is 1. The molecule has 6 heteroatoms. The molecule has 42 heavy (non-hydrogen) atoms. The zero-order valence-corrected chi connectivity index (χ0v) is 27.9. The average Bonchev–Trinajstić information content (AvgIpc) is 3.35. The molecule has 1 aliphatic heterocycles. The molecule has 5 fully saturated rings. The van der Waals surface area contributed by atoms with Crippen molar-refractivity contribution in [3.05, 3.63) is 11.1 Å². The van der Waals surface area contributed by atoms with Crippen LogP contribution in [-0.2, 0) is 9.59 Å². The summed E-state index contributed by atoms with van der Waals surface area (Å²) in [5.74, 6) is 0.883. The van der Waals surface area contributed by atoms with Crippen LogP contribution < -0.4 is 5.73 Å². The van der Waals surface area contributed by atoms with Gasteiger partial charge in [0, 0.05) is 37.1 Å². The van der Waals surface area contributed by atoms with Gasteiger partial charge in [0.05, 0.1) is 11.5 Å². The maximum absolute atomic E-state index is 14.5. The molecule has 0 bridgehead atoms. The molecule has 0 aromatic heterocycles. The molecule has 1 amide bonds. The first-order valence-electron chi connectivity index (χ1n) is 17.2. The van der Waals surface area contributed by atoms with E-state index >= 15 is 0 Å². The Morgan fingerprint density at radius 2 is 1.48 bits per heavy atom. The highest BCUT2D eigenvalue weighted by Gasteiger charge is 2.73. The Morgan fingerprint density at radius 1 is 0.833 bits per heavy atom. The quantitative estimate of drug-likeness (QED) is 0.336. The number of Topliss-reactive ketones (excluding diaryl/α,β-unsaturated/α-hetero) is 1. The minimum absolute atomic E-state index is 0.0383. The van der Waals surface area contributed by atoms with Gasteiger partial charge in [-0.2, -0.15) is 0 Å². The molecule has 6 nitrogen and oxygen atoms in total. The standard InChI is InChI=1S/C36H59N3O3/c1-23(2)24-11-14-35(29(41)30(42)39-21-19-38(8)20-22-39)17-15-32(5)25(28(24)35)9-10-26-33(32,6)16-18-36(37)31(3,4)27(40)12-13-34(26,36)7/h23,25-27,40H,9-22,37H2,1-8H3. The maximum atomic E-state index is 14.5. The average molecular weight is 582 g/mol. The molecular formula is C36H59N3O3. The van der Waals surface area contributed by atoms with Crippen LogP contribution in [0.4, 0.5) is 0 Å². The number of fused-ring (bicyclic) bond motifs is 7. The van der Waals surface area contributed by atoms with Crippen LogP contribution in [0, 0.1) is 44.8 Å². The highest BCUT2D eigenvalue weighted by Crippen LogP contribution is 2.77. The fourth-order valence-electron chi connectivity index (χ4n) is 12.3. The lowest BCUT2D eigenvalue weighted by molar-refractivity contribution is -0.237. The summed E-state index contributed by atoms with van der Waals surface area (Å²) in [7, 11) is 2.09. The Balaban J connectivity index is 1.39. The topological polar surface area (TPSA) is 86.9 Å². The van der Waals surface area contributed by atoms with Crippen molar-refractivity contribution in [2.24, 2.45) is 50.6 Å². The van der Waals surface area contributed by atoms with Crippen LogP contribution in [0.15, 0.2) is 11.1 Å². The van der Waals surface area contributed by atoms with Gasteiger partial charge in [-0.15, -0.1) is 0 Å². The summed E-state index contributed by atoms with van der Waals surface area (Å²) in [6, 6.07) is 0. The molecule has 1 saturated heterocycles. The number of carbonyl (C=O) groups excluding carboxylic acids is 2. The van der Waals surface area contributed by atoms with E-state index in [1.54, 1.807) is 0 Å². The number of hydrogen-bond donors (Lipinski definition) is 2. The fraction of sp³-hybridized carbons (Fsp3) is 0.889. The fourth-order valence-corrected chi connectivity index (χ4v) is 12.3. The van der Waals surface area contributed by atoms with E-state index in [2.05, 4.69) is 60.4 Å². The van der Waals surface area contributed by atoms with Crippen molar-refractivity contribution in [2.45, 2.75) is 124 Å². The number of amides is 1. The van der Waals surface area contributed by atoms with Crippen LogP contribution in [-0.4, -0.2) is 71.5 Å². The van der Waals surface area contributed by atoms with Crippen molar-refractivity contribution in [3.8, 4) is 0 Å². The van der Waals surface area contributed by atoms with E-state index in [0.717, 1.165) is 77.3 Å². The molecule has 6 rings (SSSR count). The second-order valence-electron chi connectivity index (χ2n) is 17.3. The van der Waals surface area contributed by atoms with Gasteiger partial charge >= 0.3 is 0 Å². The first-order chi connectivity index (χ1) is 19.5. The second-order valence-corrected chi connectivity index (χ2v) is 17.3. The maximum Gasteiger partial charge on any atom is 0.290 e. The lowest BCUT2D eigenvalue weighted by Crippen LogP contribution is -2.76. The number of nitrogens with two attached hydrogens (primary N) is 1. The summed E-state index contributed by atoms with van der Waals surface area (Å²) in [6.07, 6.45) is 9.22. The van der Waals surface area contributed by atoms with Crippen LogP contribution >= 0.6 is 0 Å². The van der Waals surface area contributed by atoms with E-state index < -0.39 is 11.0 Å². The predicted molar refractivity (Wildman–Crippen MR) is 168 cm³/mol. The van der Waals surface area contributed by atoms with Crippen molar-refractivity contribution >= 4 is 11.7 Å². The summed E-state index contributed by atoms with van der Waals surface area (Å²) in [4.78, 5) is 32.5. The highest BCUT2D eigenvalue weighted by atomic mass is 16.3. The summed E-state index contributed by atoms with van der Waals surface area (Å²) in [5.41, 5.74) is 9.16. The molecule has 0 aromatic carbocycles. The lowest BCUT2D eigenvalue weighted by Gasteiger charge is -2.74. The SMILES string of the molecule is CC(C)C1=C2C3CCC4C(C)(CCC5(N)C(C)(C)C(O)CCC45C)C3(C)CCC2(C(=O)C(=O)N2CCN(C)CC2)CC1. The lowest BCUT2D eigenvalue weighted by atomic mass is 9.31. The van der Waals surface area contributed by atoms with Gasteiger partial charge in [0.2, 0.25) is 5.78 Å². The molecule has 236 valence electrons. The zero-order valence-electron chi connectivity index (χ0n) is 27.9. The van der Waals surface area contributed by atoms with Crippen molar-refractivity contribution in [2.75, 3.05) is 33.2 Å². The number of nitrogens with zero attached hydrogens (tertiary/aromatic N) is 2. The number of aliphatic hydroxyl groups is 1. The molecule has 0 spiro atoms. The summed E-state index contributed by atoms with van der Waals surface area (Å²) in [6.45, 7) is 19.6. The van der Waals surface area contributed by atoms with E-state index in [1.165, 1.54) is 11.1 Å². The number of aliphatic hydroxyl groups excluding tert-OH is 1.